The van der Waals surface area contributed by atoms with Gasteiger partial charge in [-0.2, -0.15) is 0 Å². The van der Waals surface area contributed by atoms with Gasteiger partial charge < -0.3 is 10.0 Å². The molecule has 0 radical (unpaired) electrons. The molecule has 1 amide bonds. The molecule has 1 rings (SSSR count). The molecule has 0 atom stereocenters. The highest BCUT2D eigenvalue weighted by atomic mass is 35.5. The van der Waals surface area contributed by atoms with Crippen molar-refractivity contribution in [1.29, 1.82) is 0 Å². The van der Waals surface area contributed by atoms with Gasteiger partial charge in [-0.1, -0.05) is 11.6 Å². The van der Waals surface area contributed by atoms with E-state index < -0.39 is 0 Å². The molecule has 5 heteroatoms. The van der Waals surface area contributed by atoms with Crippen molar-refractivity contribution in [1.82, 2.24) is 9.88 Å². The van der Waals surface area contributed by atoms with Crippen LogP contribution in [0.15, 0.2) is 18.3 Å². The molecule has 0 aliphatic carbocycles. The zero-order valence-corrected chi connectivity index (χ0v) is 9.24. The largest absolute Gasteiger partial charge is 0.395 e. The molecule has 82 valence electrons. The van der Waals surface area contributed by atoms with E-state index in [1.165, 1.54) is 12.3 Å². The summed E-state index contributed by atoms with van der Waals surface area (Å²) < 4.78 is 0. The van der Waals surface area contributed by atoms with Crippen molar-refractivity contribution in [3.8, 4) is 0 Å². The predicted molar refractivity (Wildman–Crippen MR) is 57.9 cm³/mol. The number of aromatic nitrogens is 1. The minimum absolute atomic E-state index is 0.0433. The summed E-state index contributed by atoms with van der Waals surface area (Å²) in [5.74, 6) is -0.143. The summed E-state index contributed by atoms with van der Waals surface area (Å²) in [6.07, 6.45) is 1.49. The number of hydrogen-bond acceptors (Lipinski definition) is 3. The van der Waals surface area contributed by atoms with Crippen molar-refractivity contribution in [2.24, 2.45) is 0 Å². The van der Waals surface area contributed by atoms with E-state index >= 15 is 0 Å². The Balaban J connectivity index is 2.82. The van der Waals surface area contributed by atoms with Crippen LogP contribution in [0.2, 0.25) is 5.15 Å². The third kappa shape index (κ3) is 3.18. The van der Waals surface area contributed by atoms with Crippen molar-refractivity contribution in [3.05, 3.63) is 29.0 Å². The van der Waals surface area contributed by atoms with Gasteiger partial charge >= 0.3 is 0 Å². The number of nitrogens with zero attached hydrogens (tertiary/aromatic N) is 2. The third-order valence-electron chi connectivity index (χ3n) is 2.01. The molecule has 0 aromatic carbocycles. The smallest absolute Gasteiger partial charge is 0.254 e. The molecule has 0 unspecified atom stereocenters. The number of aliphatic hydroxyl groups is 1. The molecule has 0 saturated heterocycles. The Kier molecular flexibility index (Phi) is 4.52. The van der Waals surface area contributed by atoms with Crippen molar-refractivity contribution in [2.45, 2.75) is 6.92 Å². The molecule has 0 fully saturated rings. The van der Waals surface area contributed by atoms with Crippen molar-refractivity contribution >= 4 is 17.5 Å². The second-order valence-corrected chi connectivity index (χ2v) is 3.36. The van der Waals surface area contributed by atoms with Crippen molar-refractivity contribution in [2.75, 3.05) is 19.7 Å². The highest BCUT2D eigenvalue weighted by molar-refractivity contribution is 6.29. The predicted octanol–water partition coefficient (Wildman–Crippen LogP) is 1.19. The maximum atomic E-state index is 11.8. The number of carbonyl (C=O) groups is 1. The molecule has 15 heavy (non-hydrogen) atoms. The Morgan fingerprint density at radius 3 is 2.93 bits per heavy atom. The summed E-state index contributed by atoms with van der Waals surface area (Å²) in [4.78, 5) is 17.2. The first kappa shape index (κ1) is 11.9. The topological polar surface area (TPSA) is 53.4 Å². The molecule has 1 N–H and O–H groups in total. The van der Waals surface area contributed by atoms with E-state index in [0.717, 1.165) is 0 Å². The Bertz CT molecular complexity index is 344. The second-order valence-electron chi connectivity index (χ2n) is 2.98. The van der Waals surface area contributed by atoms with E-state index in [1.54, 1.807) is 11.0 Å². The molecule has 0 saturated carbocycles. The SMILES string of the molecule is CCN(CCO)C(=O)c1ccnc(Cl)c1. The quantitative estimate of drug-likeness (QED) is 0.788. The van der Waals surface area contributed by atoms with Crippen LogP contribution in [0.3, 0.4) is 0 Å². The summed E-state index contributed by atoms with van der Waals surface area (Å²) in [6.45, 7) is 2.70. The maximum absolute atomic E-state index is 11.8. The fourth-order valence-electron chi connectivity index (χ4n) is 1.24. The van der Waals surface area contributed by atoms with Gasteiger partial charge in [0.25, 0.3) is 5.91 Å². The standard InChI is InChI=1S/C10H13ClN2O2/c1-2-13(5-6-14)10(15)8-3-4-12-9(11)7-8/h3-4,7,14H,2,5-6H2,1H3. The minimum Gasteiger partial charge on any atom is -0.395 e. The van der Waals surface area contributed by atoms with Crippen molar-refractivity contribution in [3.63, 3.8) is 0 Å². The Hall–Kier alpha value is -1.13. The number of aliphatic hydroxyl groups excluding tert-OH is 1. The normalized spacial score (nSPS) is 10.1. The molecule has 1 aromatic rings. The lowest BCUT2D eigenvalue weighted by Gasteiger charge is -2.19. The number of hydrogen-bond donors (Lipinski definition) is 1. The molecule has 0 spiro atoms. The number of pyridine rings is 1. The number of likely N-dealkylation sites (N-methyl/N-ethyl adjacent to an activating group) is 1. The highest BCUT2D eigenvalue weighted by Gasteiger charge is 2.13. The molecule has 1 aromatic heterocycles. The van der Waals surface area contributed by atoms with Gasteiger partial charge in [-0.25, -0.2) is 4.98 Å². The zero-order valence-electron chi connectivity index (χ0n) is 8.48. The van der Waals surface area contributed by atoms with Gasteiger partial charge in [0, 0.05) is 24.8 Å². The van der Waals surface area contributed by atoms with Crippen LogP contribution in [-0.4, -0.2) is 40.6 Å². The second kappa shape index (κ2) is 5.68. The summed E-state index contributed by atoms with van der Waals surface area (Å²) >= 11 is 5.68. The Morgan fingerprint density at radius 1 is 1.67 bits per heavy atom. The van der Waals surface area contributed by atoms with Crippen LogP contribution < -0.4 is 0 Å². The first-order chi connectivity index (χ1) is 7.19. The van der Waals surface area contributed by atoms with Gasteiger partial charge in [0.15, 0.2) is 0 Å². The van der Waals surface area contributed by atoms with Crippen LogP contribution >= 0.6 is 11.6 Å². The van der Waals surface area contributed by atoms with Crippen LogP contribution in [0.1, 0.15) is 17.3 Å². The molecule has 0 aliphatic rings. The lowest BCUT2D eigenvalue weighted by Crippen LogP contribution is -2.33. The van der Waals surface area contributed by atoms with Crippen molar-refractivity contribution < 1.29 is 9.90 Å². The lowest BCUT2D eigenvalue weighted by molar-refractivity contribution is 0.0732. The highest BCUT2D eigenvalue weighted by Crippen LogP contribution is 2.09. The number of rotatable bonds is 4. The summed E-state index contributed by atoms with van der Waals surface area (Å²) in [6, 6.07) is 3.12. The van der Waals surface area contributed by atoms with E-state index in [0.29, 0.717) is 23.8 Å². The Morgan fingerprint density at radius 2 is 2.40 bits per heavy atom. The number of carbonyl (C=O) groups excluding carboxylic acids is 1. The number of halogens is 1. The van der Waals surface area contributed by atoms with Gasteiger partial charge in [-0.3, -0.25) is 4.79 Å². The monoisotopic (exact) mass is 228 g/mol. The van der Waals surface area contributed by atoms with Crippen LogP contribution in [0, 0.1) is 0 Å². The van der Waals surface area contributed by atoms with Crippen LogP contribution in [0.4, 0.5) is 0 Å². The average molecular weight is 229 g/mol. The van der Waals surface area contributed by atoms with E-state index in [-0.39, 0.29) is 12.5 Å². The minimum atomic E-state index is -0.143. The Labute approximate surface area is 93.5 Å². The summed E-state index contributed by atoms with van der Waals surface area (Å²) in [5, 5.41) is 9.08. The first-order valence-electron chi connectivity index (χ1n) is 4.70. The zero-order chi connectivity index (χ0) is 11.3. The maximum Gasteiger partial charge on any atom is 0.254 e. The molecule has 0 aliphatic heterocycles. The van der Waals surface area contributed by atoms with Gasteiger partial charge in [0.1, 0.15) is 5.15 Å². The molecule has 4 nitrogen and oxygen atoms in total. The fourth-order valence-corrected chi connectivity index (χ4v) is 1.42. The van der Waals surface area contributed by atoms with Gasteiger partial charge in [-0.05, 0) is 19.1 Å². The van der Waals surface area contributed by atoms with E-state index in [2.05, 4.69) is 4.98 Å². The lowest BCUT2D eigenvalue weighted by atomic mass is 10.2. The van der Waals surface area contributed by atoms with E-state index in [9.17, 15) is 4.79 Å². The van der Waals surface area contributed by atoms with E-state index in [1.807, 2.05) is 6.92 Å². The molecule has 0 bridgehead atoms. The summed E-state index contributed by atoms with van der Waals surface area (Å²) in [5.41, 5.74) is 0.491. The van der Waals surface area contributed by atoms with Crippen LogP contribution in [-0.2, 0) is 0 Å². The third-order valence-corrected chi connectivity index (χ3v) is 2.22. The van der Waals surface area contributed by atoms with Gasteiger partial charge in [0.05, 0.1) is 6.61 Å². The molecule has 1 heterocycles. The van der Waals surface area contributed by atoms with Crippen LogP contribution in [0.25, 0.3) is 0 Å². The number of amides is 1. The van der Waals surface area contributed by atoms with Gasteiger partial charge in [0.2, 0.25) is 0 Å². The van der Waals surface area contributed by atoms with E-state index in [4.69, 9.17) is 16.7 Å². The molecular weight excluding hydrogens is 216 g/mol. The molecular formula is C10H13ClN2O2. The summed E-state index contributed by atoms with van der Waals surface area (Å²) in [7, 11) is 0. The first-order valence-corrected chi connectivity index (χ1v) is 5.08. The average Bonchev–Trinajstić information content (AvgIpc) is 2.25. The van der Waals surface area contributed by atoms with Gasteiger partial charge in [-0.15, -0.1) is 0 Å². The van der Waals surface area contributed by atoms with Crippen LogP contribution in [0.5, 0.6) is 0 Å². The fraction of sp³-hybridized carbons (Fsp3) is 0.400.